The topological polar surface area (TPSA) is 71.3 Å². The van der Waals surface area contributed by atoms with Crippen LogP contribution in [0.1, 0.15) is 63.3 Å². The molecule has 5 rings (SSSR count). The van der Waals surface area contributed by atoms with Crippen LogP contribution in [0.5, 0.6) is 0 Å². The van der Waals surface area contributed by atoms with Gasteiger partial charge in [-0.3, -0.25) is 5.32 Å². The summed E-state index contributed by atoms with van der Waals surface area (Å²) < 4.78 is 1.62. The van der Waals surface area contributed by atoms with Crippen molar-refractivity contribution in [3.8, 4) is 11.3 Å². The summed E-state index contributed by atoms with van der Waals surface area (Å²) in [6.45, 7) is 11.3. The van der Waals surface area contributed by atoms with Crippen LogP contribution < -0.4 is 10.6 Å². The predicted octanol–water partition coefficient (Wildman–Crippen LogP) is 8.25. The van der Waals surface area contributed by atoms with Crippen molar-refractivity contribution in [2.75, 3.05) is 10.6 Å². The van der Waals surface area contributed by atoms with Gasteiger partial charge in [-0.1, -0.05) is 94.8 Å². The number of urea groups is 1. The molecule has 0 saturated heterocycles. The third-order valence-electron chi connectivity index (χ3n) is 7.29. The number of carbonyl (C=O) groups is 1. The Bertz CT molecular complexity index is 1550. The molecule has 0 unspecified atom stereocenters. The Balaban J connectivity index is 1.57. The zero-order valence-electron chi connectivity index (χ0n) is 23.0. The number of nitrogens with one attached hydrogen (secondary N) is 2. The van der Waals surface area contributed by atoms with Crippen LogP contribution >= 0.6 is 11.6 Å². The lowest BCUT2D eigenvalue weighted by atomic mass is 9.79. The van der Waals surface area contributed by atoms with Crippen LogP contribution in [0.2, 0.25) is 5.02 Å². The normalized spacial score (nSPS) is 14.4. The number of amides is 2. The van der Waals surface area contributed by atoms with E-state index in [0.29, 0.717) is 16.7 Å². The second-order valence-corrected chi connectivity index (χ2v) is 12.1. The largest absolute Gasteiger partial charge is 0.326 e. The maximum Gasteiger partial charge on any atom is 0.326 e. The van der Waals surface area contributed by atoms with Crippen molar-refractivity contribution < 1.29 is 4.79 Å². The van der Waals surface area contributed by atoms with E-state index < -0.39 is 6.03 Å². The summed E-state index contributed by atoms with van der Waals surface area (Å²) in [5.41, 5.74) is 7.34. The Morgan fingerprint density at radius 2 is 1.77 bits per heavy atom. The van der Waals surface area contributed by atoms with Gasteiger partial charge in [0.1, 0.15) is 0 Å². The molecule has 3 aromatic carbocycles. The van der Waals surface area contributed by atoms with E-state index in [-0.39, 0.29) is 10.8 Å². The van der Waals surface area contributed by atoms with Gasteiger partial charge >= 0.3 is 6.03 Å². The van der Waals surface area contributed by atoms with Crippen molar-refractivity contribution in [1.82, 2.24) is 9.66 Å². The number of para-hydroxylation sites is 1. The molecule has 39 heavy (non-hydrogen) atoms. The fraction of sp³-hybridized carbons (Fsp3) is 0.281. The molecule has 0 atom stereocenters. The lowest BCUT2D eigenvalue weighted by Gasteiger charge is -2.25. The van der Waals surface area contributed by atoms with Crippen LogP contribution in [-0.2, 0) is 17.3 Å². The first kappa shape index (κ1) is 26.7. The molecule has 0 aliphatic heterocycles. The van der Waals surface area contributed by atoms with Gasteiger partial charge < -0.3 is 5.32 Å². The number of rotatable bonds is 5. The second kappa shape index (κ2) is 10.3. The van der Waals surface area contributed by atoms with Crippen molar-refractivity contribution >= 4 is 35.5 Å². The van der Waals surface area contributed by atoms with Gasteiger partial charge in [0.2, 0.25) is 5.95 Å². The highest BCUT2D eigenvalue weighted by atomic mass is 35.5. The number of imidazole rings is 1. The van der Waals surface area contributed by atoms with Gasteiger partial charge in [-0.25, -0.2) is 14.5 Å². The van der Waals surface area contributed by atoms with Crippen LogP contribution in [0.4, 0.5) is 16.4 Å². The smallest absolute Gasteiger partial charge is 0.306 e. The third kappa shape index (κ3) is 5.76. The first-order valence-electron chi connectivity index (χ1n) is 13.2. The molecule has 1 aliphatic carbocycles. The molecule has 200 valence electrons. The molecule has 1 aliphatic rings. The minimum Gasteiger partial charge on any atom is -0.306 e. The summed E-state index contributed by atoms with van der Waals surface area (Å²) in [5.74, 6) is 0.314. The molecule has 2 amide bonds. The van der Waals surface area contributed by atoms with Crippen molar-refractivity contribution in [2.24, 2.45) is 5.10 Å². The van der Waals surface area contributed by atoms with Gasteiger partial charge in [-0.2, -0.15) is 5.10 Å². The highest BCUT2D eigenvalue weighted by Crippen LogP contribution is 2.45. The van der Waals surface area contributed by atoms with Crippen LogP contribution in [0.3, 0.4) is 0 Å². The monoisotopic (exact) mass is 539 g/mol. The number of aromatic nitrogens is 2. The van der Waals surface area contributed by atoms with Crippen LogP contribution in [0, 0.1) is 0 Å². The van der Waals surface area contributed by atoms with Crippen molar-refractivity contribution in [3.63, 3.8) is 0 Å². The third-order valence-corrected chi connectivity index (χ3v) is 7.62. The fourth-order valence-electron chi connectivity index (χ4n) is 4.94. The highest BCUT2D eigenvalue weighted by Gasteiger charge is 2.34. The minimum atomic E-state index is -0.453. The zero-order chi connectivity index (χ0) is 27.8. The Kier molecular flexibility index (Phi) is 7.08. The zero-order valence-corrected chi connectivity index (χ0v) is 23.8. The molecule has 7 heteroatoms. The summed E-state index contributed by atoms with van der Waals surface area (Å²) in [7, 11) is 0. The van der Waals surface area contributed by atoms with Gasteiger partial charge in [0.15, 0.2) is 0 Å². The minimum absolute atomic E-state index is 0.0214. The Labute approximate surface area is 235 Å². The summed E-state index contributed by atoms with van der Waals surface area (Å²) >= 11 is 6.25. The molecule has 0 fully saturated rings. The molecule has 0 spiro atoms. The molecule has 0 saturated carbocycles. The van der Waals surface area contributed by atoms with E-state index in [9.17, 15) is 4.79 Å². The van der Waals surface area contributed by atoms with E-state index in [0.717, 1.165) is 29.7 Å². The molecular formula is C32H34ClN5O. The number of hydrogen-bond acceptors (Lipinski definition) is 3. The summed E-state index contributed by atoms with van der Waals surface area (Å²) in [4.78, 5) is 17.9. The molecule has 1 aromatic heterocycles. The number of fused-ring (bicyclic) bond motifs is 1. The fourth-order valence-corrected chi connectivity index (χ4v) is 5.12. The Morgan fingerprint density at radius 1 is 1.05 bits per heavy atom. The van der Waals surface area contributed by atoms with Crippen molar-refractivity contribution in [3.05, 3.63) is 100 Å². The molecular weight excluding hydrogens is 506 g/mol. The van der Waals surface area contributed by atoms with Gasteiger partial charge in [0, 0.05) is 5.56 Å². The van der Waals surface area contributed by atoms with Crippen molar-refractivity contribution in [1.29, 1.82) is 0 Å². The van der Waals surface area contributed by atoms with E-state index in [1.807, 2.05) is 48.7 Å². The van der Waals surface area contributed by atoms with Gasteiger partial charge in [0.25, 0.3) is 0 Å². The average molecular weight is 540 g/mol. The van der Waals surface area contributed by atoms with E-state index in [1.165, 1.54) is 16.7 Å². The van der Waals surface area contributed by atoms with E-state index in [1.54, 1.807) is 23.0 Å². The standard InChI is InChI=1S/C32H34ClN5O/c1-31(2,3)22-17-24(23-15-16-32(4,5)25(23)18-22)28-20-38(34-19-21-11-7-6-8-12-21)29(35-28)37-30(39)36-27-14-10-9-13-26(27)33/h6-14,17-20H,15-16H2,1-5H3,(H2,35,36,37,39)/b34-19-. The van der Waals surface area contributed by atoms with E-state index in [2.05, 4.69) is 62.5 Å². The quantitative estimate of drug-likeness (QED) is 0.251. The lowest BCUT2D eigenvalue weighted by Crippen LogP contribution is -2.21. The number of carbonyl (C=O) groups excluding carboxylic acids is 1. The molecule has 0 radical (unpaired) electrons. The first-order valence-corrected chi connectivity index (χ1v) is 13.6. The SMILES string of the molecule is CC(C)(C)c1cc(-c2cn(/N=C\c3ccccc3)c(NC(=O)Nc3ccccc3Cl)n2)c2c(c1)C(C)(C)CC2. The average Bonchev–Trinajstić information content (AvgIpc) is 3.43. The van der Waals surface area contributed by atoms with E-state index >= 15 is 0 Å². The first-order chi connectivity index (χ1) is 18.5. The maximum absolute atomic E-state index is 13.0. The molecule has 2 N–H and O–H groups in total. The number of halogens is 1. The molecule has 6 nitrogen and oxygen atoms in total. The number of benzene rings is 3. The number of anilines is 2. The Morgan fingerprint density at radius 3 is 2.49 bits per heavy atom. The molecule has 4 aromatic rings. The maximum atomic E-state index is 13.0. The summed E-state index contributed by atoms with van der Waals surface area (Å²) in [6, 6.07) is 21.1. The summed E-state index contributed by atoms with van der Waals surface area (Å²) in [5, 5.41) is 10.8. The van der Waals surface area contributed by atoms with Crippen LogP contribution in [0.25, 0.3) is 11.3 Å². The van der Waals surface area contributed by atoms with Crippen LogP contribution in [0.15, 0.2) is 78.0 Å². The molecule has 0 bridgehead atoms. The predicted molar refractivity (Wildman–Crippen MR) is 161 cm³/mol. The lowest BCUT2D eigenvalue weighted by molar-refractivity contribution is 0.262. The second-order valence-electron chi connectivity index (χ2n) is 11.7. The molecule has 1 heterocycles. The van der Waals surface area contributed by atoms with E-state index in [4.69, 9.17) is 16.6 Å². The number of hydrogen-bond donors (Lipinski definition) is 2. The van der Waals surface area contributed by atoms with Gasteiger partial charge in [-0.05, 0) is 64.1 Å². The van der Waals surface area contributed by atoms with Crippen LogP contribution in [-0.4, -0.2) is 21.9 Å². The number of nitrogens with zero attached hydrogens (tertiary/aromatic N) is 3. The Hall–Kier alpha value is -3.90. The van der Waals surface area contributed by atoms with Gasteiger partial charge in [-0.15, -0.1) is 0 Å². The van der Waals surface area contributed by atoms with Crippen molar-refractivity contribution in [2.45, 2.75) is 58.3 Å². The summed E-state index contributed by atoms with van der Waals surface area (Å²) in [6.07, 6.45) is 5.71. The van der Waals surface area contributed by atoms with Gasteiger partial charge in [0.05, 0.1) is 28.8 Å². The highest BCUT2D eigenvalue weighted by molar-refractivity contribution is 6.33.